The minimum absolute atomic E-state index is 0.303. The van der Waals surface area contributed by atoms with Gasteiger partial charge < -0.3 is 5.32 Å². The Morgan fingerprint density at radius 1 is 1.44 bits per heavy atom. The van der Waals surface area contributed by atoms with Crippen LogP contribution in [-0.4, -0.2) is 11.5 Å². The molecule has 1 heterocycles. The van der Waals surface area contributed by atoms with Gasteiger partial charge in [-0.05, 0) is 30.7 Å². The zero-order valence-corrected chi connectivity index (χ0v) is 12.2. The molecule has 1 unspecified atom stereocenters. The summed E-state index contributed by atoms with van der Waals surface area (Å²) in [6, 6.07) is 6.52. The van der Waals surface area contributed by atoms with Crippen molar-refractivity contribution in [2.75, 3.05) is 6.54 Å². The van der Waals surface area contributed by atoms with Gasteiger partial charge in [0, 0.05) is 29.1 Å². The molecule has 0 aliphatic carbocycles. The zero-order valence-electron chi connectivity index (χ0n) is 10.6. The molecule has 1 atom stereocenters. The number of hydrogen-bond acceptors (Lipinski definition) is 3. The molecule has 4 heteroatoms. The molecule has 0 bridgehead atoms. The smallest absolute Gasteiger partial charge is 0.0943 e. The summed E-state index contributed by atoms with van der Waals surface area (Å²) in [5, 5.41) is 7.51. The van der Waals surface area contributed by atoms with E-state index in [1.807, 2.05) is 24.6 Å². The number of rotatable bonds is 5. The molecular weight excluding hydrogens is 264 g/mol. The van der Waals surface area contributed by atoms with Crippen molar-refractivity contribution in [1.29, 1.82) is 0 Å². The number of nitrogens with one attached hydrogen (secondary N) is 1. The molecule has 0 amide bonds. The van der Waals surface area contributed by atoms with Crippen molar-refractivity contribution in [3.8, 4) is 0 Å². The third-order valence-electron chi connectivity index (χ3n) is 2.90. The molecule has 0 spiro atoms. The van der Waals surface area contributed by atoms with E-state index in [1.54, 1.807) is 11.3 Å². The fourth-order valence-electron chi connectivity index (χ4n) is 1.97. The second kappa shape index (κ2) is 6.32. The molecule has 0 aliphatic rings. The van der Waals surface area contributed by atoms with Gasteiger partial charge in [0.15, 0.2) is 0 Å². The quantitative estimate of drug-likeness (QED) is 0.895. The first kappa shape index (κ1) is 13.5. The molecule has 18 heavy (non-hydrogen) atoms. The fourth-order valence-corrected chi connectivity index (χ4v) is 2.75. The lowest BCUT2D eigenvalue weighted by molar-refractivity contribution is 0.548. The Morgan fingerprint density at radius 2 is 2.28 bits per heavy atom. The van der Waals surface area contributed by atoms with Gasteiger partial charge >= 0.3 is 0 Å². The highest BCUT2D eigenvalue weighted by Crippen LogP contribution is 2.24. The maximum atomic E-state index is 6.07. The Bertz CT molecular complexity index is 497. The molecule has 2 aromatic rings. The lowest BCUT2D eigenvalue weighted by Gasteiger charge is -2.18. The monoisotopic (exact) mass is 280 g/mol. The molecule has 0 aliphatic heterocycles. The summed E-state index contributed by atoms with van der Waals surface area (Å²) in [5.41, 5.74) is 2.39. The van der Waals surface area contributed by atoms with Crippen LogP contribution in [0, 0.1) is 6.92 Å². The Morgan fingerprint density at radius 3 is 2.89 bits per heavy atom. The summed E-state index contributed by atoms with van der Waals surface area (Å²) in [4.78, 5) is 4.36. The average molecular weight is 281 g/mol. The second-order valence-electron chi connectivity index (χ2n) is 4.25. The normalized spacial score (nSPS) is 12.6. The van der Waals surface area contributed by atoms with Gasteiger partial charge in [-0.15, -0.1) is 11.3 Å². The summed E-state index contributed by atoms with van der Waals surface area (Å²) in [6.45, 7) is 5.10. The Labute approximate surface area is 117 Å². The number of likely N-dealkylation sites (N-methyl/N-ethyl adjacent to an activating group) is 1. The van der Waals surface area contributed by atoms with Crippen molar-refractivity contribution in [2.45, 2.75) is 26.3 Å². The molecule has 0 radical (unpaired) electrons. The Balaban J connectivity index is 2.20. The molecule has 1 N–H and O–H groups in total. The molecule has 96 valence electrons. The van der Waals surface area contributed by atoms with Crippen molar-refractivity contribution in [3.05, 3.63) is 50.9 Å². The maximum absolute atomic E-state index is 6.07. The summed E-state index contributed by atoms with van der Waals surface area (Å²) < 4.78 is 0. The molecule has 2 rings (SSSR count). The van der Waals surface area contributed by atoms with Crippen LogP contribution < -0.4 is 5.32 Å². The number of aryl methyl sites for hydroxylation is 1. The number of halogens is 1. The zero-order chi connectivity index (χ0) is 13.0. The summed E-state index contributed by atoms with van der Waals surface area (Å²) in [6.07, 6.45) is 2.78. The van der Waals surface area contributed by atoms with Gasteiger partial charge in [0.2, 0.25) is 0 Å². The number of aromatic nitrogens is 1. The van der Waals surface area contributed by atoms with Crippen LogP contribution in [0.2, 0.25) is 5.02 Å². The molecule has 1 aromatic heterocycles. The van der Waals surface area contributed by atoms with Gasteiger partial charge in [-0.2, -0.15) is 0 Å². The highest BCUT2D eigenvalue weighted by atomic mass is 35.5. The van der Waals surface area contributed by atoms with E-state index in [0.29, 0.717) is 6.04 Å². The van der Waals surface area contributed by atoms with Gasteiger partial charge in [-0.3, -0.25) is 0 Å². The van der Waals surface area contributed by atoms with Crippen molar-refractivity contribution in [1.82, 2.24) is 10.3 Å². The van der Waals surface area contributed by atoms with Crippen LogP contribution in [0.3, 0.4) is 0 Å². The van der Waals surface area contributed by atoms with Gasteiger partial charge in [0.1, 0.15) is 0 Å². The van der Waals surface area contributed by atoms with Gasteiger partial charge in [-0.25, -0.2) is 4.98 Å². The van der Waals surface area contributed by atoms with Crippen LogP contribution in [0.5, 0.6) is 0 Å². The van der Waals surface area contributed by atoms with E-state index in [9.17, 15) is 0 Å². The van der Waals surface area contributed by atoms with Crippen LogP contribution in [0.15, 0.2) is 29.8 Å². The van der Waals surface area contributed by atoms with E-state index in [4.69, 9.17) is 11.6 Å². The fraction of sp³-hybridized carbons (Fsp3) is 0.357. The van der Waals surface area contributed by atoms with Crippen molar-refractivity contribution in [2.24, 2.45) is 0 Å². The van der Waals surface area contributed by atoms with Crippen molar-refractivity contribution in [3.63, 3.8) is 0 Å². The molecular formula is C14H17ClN2S. The molecule has 0 saturated carbocycles. The minimum atomic E-state index is 0.303. The van der Waals surface area contributed by atoms with E-state index in [0.717, 1.165) is 28.6 Å². The van der Waals surface area contributed by atoms with E-state index >= 15 is 0 Å². The predicted molar refractivity (Wildman–Crippen MR) is 78.4 cm³/mol. The van der Waals surface area contributed by atoms with Gasteiger partial charge in [0.05, 0.1) is 5.01 Å². The number of hydrogen-bond donors (Lipinski definition) is 1. The lowest BCUT2D eigenvalue weighted by atomic mass is 10.0. The largest absolute Gasteiger partial charge is 0.310 e. The van der Waals surface area contributed by atoms with E-state index in [-0.39, 0.29) is 0 Å². The first-order chi connectivity index (χ1) is 8.70. The van der Waals surface area contributed by atoms with Crippen LogP contribution in [0.25, 0.3) is 0 Å². The third-order valence-corrected chi connectivity index (χ3v) is 4.12. The van der Waals surface area contributed by atoms with Crippen LogP contribution in [0.1, 0.15) is 29.1 Å². The average Bonchev–Trinajstić information content (AvgIpc) is 2.85. The Hall–Kier alpha value is -0.900. The molecule has 2 nitrogen and oxygen atoms in total. The first-order valence-electron chi connectivity index (χ1n) is 6.08. The summed E-state index contributed by atoms with van der Waals surface area (Å²) in [7, 11) is 0. The lowest BCUT2D eigenvalue weighted by Crippen LogP contribution is -2.23. The number of nitrogens with zero attached hydrogens (tertiary/aromatic N) is 1. The van der Waals surface area contributed by atoms with Gasteiger partial charge in [0.25, 0.3) is 0 Å². The standard InChI is InChI=1S/C14H17ClN2S/c1-3-16-13(9-14-17-6-7-18-14)11-4-5-12(15)10(2)8-11/h4-8,13,16H,3,9H2,1-2H3. The highest BCUT2D eigenvalue weighted by molar-refractivity contribution is 7.09. The molecule has 0 fully saturated rings. The first-order valence-corrected chi connectivity index (χ1v) is 7.34. The van der Waals surface area contributed by atoms with Gasteiger partial charge in [-0.1, -0.05) is 30.7 Å². The molecule has 0 saturated heterocycles. The minimum Gasteiger partial charge on any atom is -0.310 e. The Kier molecular flexibility index (Phi) is 4.75. The van der Waals surface area contributed by atoms with Crippen LogP contribution in [-0.2, 0) is 6.42 Å². The summed E-state index contributed by atoms with van der Waals surface area (Å²) in [5.74, 6) is 0. The number of thiazole rings is 1. The van der Waals surface area contributed by atoms with Crippen LogP contribution >= 0.6 is 22.9 Å². The summed E-state index contributed by atoms with van der Waals surface area (Å²) >= 11 is 7.78. The SMILES string of the molecule is CCNC(Cc1nccs1)c1ccc(Cl)c(C)c1. The molecule has 1 aromatic carbocycles. The highest BCUT2D eigenvalue weighted by Gasteiger charge is 2.13. The van der Waals surface area contributed by atoms with Crippen LogP contribution in [0.4, 0.5) is 0 Å². The predicted octanol–water partition coefficient (Wildman–Crippen LogP) is 4.00. The topological polar surface area (TPSA) is 24.9 Å². The second-order valence-corrected chi connectivity index (χ2v) is 5.64. The number of benzene rings is 1. The van der Waals surface area contributed by atoms with E-state index < -0.39 is 0 Å². The van der Waals surface area contributed by atoms with E-state index in [2.05, 4.69) is 29.4 Å². The maximum Gasteiger partial charge on any atom is 0.0943 e. The third kappa shape index (κ3) is 3.31. The van der Waals surface area contributed by atoms with Crippen molar-refractivity contribution < 1.29 is 0 Å². The van der Waals surface area contributed by atoms with E-state index in [1.165, 1.54) is 5.56 Å². The van der Waals surface area contributed by atoms with Crippen molar-refractivity contribution >= 4 is 22.9 Å².